The fourth-order valence-corrected chi connectivity index (χ4v) is 5.20. The number of nitrogens with zero attached hydrogens (tertiary/aromatic N) is 3. The molecule has 32 heavy (non-hydrogen) atoms. The Morgan fingerprint density at radius 2 is 1.84 bits per heavy atom. The van der Waals surface area contributed by atoms with Crippen LogP contribution in [0.25, 0.3) is 22.7 Å². The van der Waals surface area contributed by atoms with Gasteiger partial charge in [-0.1, -0.05) is 12.1 Å². The van der Waals surface area contributed by atoms with Crippen LogP contribution in [-0.4, -0.2) is 14.9 Å². The second-order valence-corrected chi connectivity index (χ2v) is 9.12. The van der Waals surface area contributed by atoms with E-state index in [0.717, 1.165) is 35.1 Å². The van der Waals surface area contributed by atoms with E-state index in [1.165, 1.54) is 12.1 Å². The van der Waals surface area contributed by atoms with Gasteiger partial charge in [0.1, 0.15) is 24.3 Å². The zero-order valence-corrected chi connectivity index (χ0v) is 20.7. The van der Waals surface area contributed by atoms with E-state index in [2.05, 4.69) is 61.2 Å². The van der Waals surface area contributed by atoms with Gasteiger partial charge in [0, 0.05) is 12.1 Å². The minimum absolute atomic E-state index is 0.0480. The van der Waals surface area contributed by atoms with E-state index in [0.29, 0.717) is 18.0 Å². The van der Waals surface area contributed by atoms with Crippen molar-refractivity contribution in [3.63, 3.8) is 0 Å². The maximum atomic E-state index is 10.8. The number of aromatic amines is 1. The second kappa shape index (κ2) is 9.66. The molecule has 0 fully saturated rings. The number of halogens is 2. The summed E-state index contributed by atoms with van der Waals surface area (Å²) < 4.78 is 7.76. The van der Waals surface area contributed by atoms with Gasteiger partial charge in [-0.2, -0.15) is 5.26 Å². The van der Waals surface area contributed by atoms with Gasteiger partial charge in [0.2, 0.25) is 0 Å². The number of allylic oxidation sites excluding steroid dienone is 1. The largest absolute Gasteiger partial charge is 0.487 e. The molecule has 7 nitrogen and oxygen atoms in total. The normalized spacial score (nSPS) is 11.3. The number of hydrogen-bond acceptors (Lipinski definition) is 5. The number of aromatic nitrogens is 2. The van der Waals surface area contributed by atoms with Crippen molar-refractivity contribution >= 4 is 73.6 Å². The lowest BCUT2D eigenvalue weighted by molar-refractivity contribution is -0.384. The van der Waals surface area contributed by atoms with Crippen LogP contribution in [0.2, 0.25) is 0 Å². The smallest absolute Gasteiger partial charge is 0.269 e. The SMILES string of the molecule is N#C/C(=C/c1cc(I)c(OCc2ccc([N+](=O)[O-])cc2)c(I)c1)c1nc2ccccc2[nH]1. The first-order chi connectivity index (χ1) is 15.4. The lowest BCUT2D eigenvalue weighted by Crippen LogP contribution is -2.00. The zero-order valence-electron chi connectivity index (χ0n) is 16.4. The van der Waals surface area contributed by atoms with E-state index in [-0.39, 0.29) is 5.69 Å². The van der Waals surface area contributed by atoms with E-state index in [1.807, 2.05) is 36.4 Å². The molecule has 9 heteroatoms. The summed E-state index contributed by atoms with van der Waals surface area (Å²) >= 11 is 4.40. The summed E-state index contributed by atoms with van der Waals surface area (Å²) in [5.41, 5.74) is 3.87. The van der Waals surface area contributed by atoms with Crippen molar-refractivity contribution in [3.8, 4) is 11.8 Å². The molecule has 0 aliphatic rings. The van der Waals surface area contributed by atoms with Crippen LogP contribution in [0.5, 0.6) is 5.75 Å². The average Bonchev–Trinajstić information content (AvgIpc) is 3.21. The molecular formula is C23H14I2N4O3. The van der Waals surface area contributed by atoms with Gasteiger partial charge >= 0.3 is 0 Å². The summed E-state index contributed by atoms with van der Waals surface area (Å²) in [6, 6.07) is 20.0. The van der Waals surface area contributed by atoms with Gasteiger partial charge in [0.15, 0.2) is 0 Å². The number of para-hydroxylation sites is 2. The van der Waals surface area contributed by atoms with Crippen molar-refractivity contribution in [1.29, 1.82) is 5.26 Å². The quantitative estimate of drug-likeness (QED) is 0.114. The third-order valence-corrected chi connectivity index (χ3v) is 6.23. The van der Waals surface area contributed by atoms with Gasteiger partial charge in [-0.3, -0.25) is 10.1 Å². The van der Waals surface area contributed by atoms with E-state index in [4.69, 9.17) is 4.74 Å². The van der Waals surface area contributed by atoms with Gasteiger partial charge in [-0.15, -0.1) is 0 Å². The standard InChI is InChI=1S/C23H14I2N4O3/c24-18-10-15(9-16(12-26)23-27-20-3-1-2-4-21(20)28-23)11-19(25)22(18)32-13-14-5-7-17(8-6-14)29(30)31/h1-11H,13H2,(H,27,28)/b16-9-. The summed E-state index contributed by atoms with van der Waals surface area (Å²) in [6.45, 7) is 0.293. The van der Waals surface area contributed by atoms with E-state index in [9.17, 15) is 15.4 Å². The van der Waals surface area contributed by atoms with Crippen LogP contribution in [0.3, 0.4) is 0 Å². The first-order valence-corrected chi connectivity index (χ1v) is 11.5. The number of nitro groups is 1. The highest BCUT2D eigenvalue weighted by Crippen LogP contribution is 2.31. The molecule has 0 radical (unpaired) electrons. The van der Waals surface area contributed by atoms with E-state index in [1.54, 1.807) is 18.2 Å². The molecule has 1 N–H and O–H groups in total. The van der Waals surface area contributed by atoms with Crippen molar-refractivity contribution in [1.82, 2.24) is 9.97 Å². The molecule has 158 valence electrons. The van der Waals surface area contributed by atoms with Gasteiger partial charge in [-0.05, 0) is 98.8 Å². The fourth-order valence-electron chi connectivity index (χ4n) is 3.07. The van der Waals surface area contributed by atoms with E-state index >= 15 is 0 Å². The molecule has 4 aromatic rings. The fraction of sp³-hybridized carbons (Fsp3) is 0.0435. The van der Waals surface area contributed by atoms with Crippen molar-refractivity contribution in [2.45, 2.75) is 6.61 Å². The van der Waals surface area contributed by atoms with Crippen LogP contribution >= 0.6 is 45.2 Å². The molecular weight excluding hydrogens is 634 g/mol. The predicted molar refractivity (Wildman–Crippen MR) is 139 cm³/mol. The van der Waals surface area contributed by atoms with Crippen molar-refractivity contribution in [2.24, 2.45) is 0 Å². The van der Waals surface area contributed by atoms with Crippen LogP contribution in [0.15, 0.2) is 60.7 Å². The van der Waals surface area contributed by atoms with Crippen LogP contribution in [0.4, 0.5) is 5.69 Å². The second-order valence-electron chi connectivity index (χ2n) is 6.80. The highest BCUT2D eigenvalue weighted by atomic mass is 127. The Labute approximate surface area is 210 Å². The zero-order chi connectivity index (χ0) is 22.7. The number of H-pyrrole nitrogens is 1. The molecule has 0 bridgehead atoms. The lowest BCUT2D eigenvalue weighted by atomic mass is 10.1. The number of fused-ring (bicyclic) bond motifs is 1. The Kier molecular flexibility index (Phi) is 6.71. The van der Waals surface area contributed by atoms with Gasteiger partial charge in [0.05, 0.1) is 28.7 Å². The minimum atomic E-state index is -0.427. The molecule has 0 spiro atoms. The molecule has 0 saturated heterocycles. The molecule has 0 unspecified atom stereocenters. The number of benzene rings is 3. The van der Waals surface area contributed by atoms with Crippen LogP contribution < -0.4 is 4.74 Å². The van der Waals surface area contributed by atoms with Gasteiger partial charge in [-0.25, -0.2) is 4.98 Å². The van der Waals surface area contributed by atoms with Crippen LogP contribution in [-0.2, 0) is 6.61 Å². The predicted octanol–water partition coefficient (Wildman–Crippen LogP) is 6.32. The Bertz CT molecular complexity index is 1330. The molecule has 1 aromatic heterocycles. The highest BCUT2D eigenvalue weighted by Gasteiger charge is 2.12. The highest BCUT2D eigenvalue weighted by molar-refractivity contribution is 14.1. The topological polar surface area (TPSA) is 105 Å². The molecule has 0 saturated carbocycles. The number of nitrogens with one attached hydrogen (secondary N) is 1. The van der Waals surface area contributed by atoms with E-state index < -0.39 is 4.92 Å². The summed E-state index contributed by atoms with van der Waals surface area (Å²) in [6.07, 6.45) is 1.79. The number of rotatable bonds is 6. The molecule has 1 heterocycles. The van der Waals surface area contributed by atoms with Crippen molar-refractivity contribution < 1.29 is 9.66 Å². The number of hydrogen-bond donors (Lipinski definition) is 1. The summed E-state index contributed by atoms with van der Waals surface area (Å²) in [5.74, 6) is 1.25. The minimum Gasteiger partial charge on any atom is -0.487 e. The third kappa shape index (κ3) is 4.91. The Morgan fingerprint density at radius 1 is 1.16 bits per heavy atom. The summed E-state index contributed by atoms with van der Waals surface area (Å²) in [5, 5.41) is 20.5. The van der Waals surface area contributed by atoms with Crippen molar-refractivity contribution in [2.75, 3.05) is 0 Å². The molecule has 0 aliphatic carbocycles. The first kappa shape index (κ1) is 22.2. The van der Waals surface area contributed by atoms with Crippen LogP contribution in [0.1, 0.15) is 17.0 Å². The number of non-ortho nitro benzene ring substituents is 1. The van der Waals surface area contributed by atoms with Crippen molar-refractivity contribution in [3.05, 3.63) is 94.9 Å². The molecule has 0 amide bonds. The Morgan fingerprint density at radius 3 is 2.47 bits per heavy atom. The number of nitriles is 1. The molecule has 0 aliphatic heterocycles. The lowest BCUT2D eigenvalue weighted by Gasteiger charge is -2.12. The first-order valence-electron chi connectivity index (χ1n) is 9.36. The number of nitro benzene ring substituents is 1. The van der Waals surface area contributed by atoms with Gasteiger partial charge in [0.25, 0.3) is 5.69 Å². The van der Waals surface area contributed by atoms with Gasteiger partial charge < -0.3 is 9.72 Å². The molecule has 0 atom stereocenters. The number of ether oxygens (including phenoxy) is 1. The summed E-state index contributed by atoms with van der Waals surface area (Å²) in [7, 11) is 0. The third-order valence-electron chi connectivity index (χ3n) is 4.63. The maximum absolute atomic E-state index is 10.8. The molecule has 4 rings (SSSR count). The monoisotopic (exact) mass is 648 g/mol. The van der Waals surface area contributed by atoms with Crippen LogP contribution in [0, 0.1) is 28.6 Å². The summed E-state index contributed by atoms with van der Waals surface area (Å²) in [4.78, 5) is 18.1. The average molecular weight is 648 g/mol. The Hall–Kier alpha value is -2.98. The maximum Gasteiger partial charge on any atom is 0.269 e. The Balaban J connectivity index is 1.56. The number of imidazole rings is 1. The molecule has 3 aromatic carbocycles.